The predicted molar refractivity (Wildman–Crippen MR) is 112 cm³/mol. The highest BCUT2D eigenvalue weighted by atomic mass is 35.5. The van der Waals surface area contributed by atoms with Crippen LogP contribution in [0.25, 0.3) is 0 Å². The Balaban J connectivity index is 1.79. The van der Waals surface area contributed by atoms with Crippen LogP contribution >= 0.6 is 34.7 Å². The maximum absolute atomic E-state index is 12.7. The Hall–Kier alpha value is -1.56. The van der Waals surface area contributed by atoms with Gasteiger partial charge in [-0.05, 0) is 18.2 Å². The van der Waals surface area contributed by atoms with Crippen molar-refractivity contribution in [3.63, 3.8) is 0 Å². The Morgan fingerprint density at radius 1 is 1.43 bits per heavy atom. The summed E-state index contributed by atoms with van der Waals surface area (Å²) in [6.45, 7) is 4.18. The lowest BCUT2D eigenvalue weighted by Gasteiger charge is -2.21. The number of nitrogens with zero attached hydrogens (tertiary/aromatic N) is 3. The highest BCUT2D eigenvalue weighted by Gasteiger charge is 2.31. The highest BCUT2D eigenvalue weighted by molar-refractivity contribution is 8.01. The van der Waals surface area contributed by atoms with Crippen LogP contribution in [0.5, 0.6) is 5.75 Å². The van der Waals surface area contributed by atoms with Gasteiger partial charge >= 0.3 is 0 Å². The zero-order valence-corrected chi connectivity index (χ0v) is 18.6. The number of amides is 1. The number of nitrogens with one attached hydrogen (secondary N) is 1. The molecule has 1 N–H and O–H groups in total. The summed E-state index contributed by atoms with van der Waals surface area (Å²) in [4.78, 5) is 12.7. The van der Waals surface area contributed by atoms with E-state index in [9.17, 15) is 13.2 Å². The molecule has 0 saturated carbocycles. The second-order valence-electron chi connectivity index (χ2n) is 6.37. The number of hydrogen-bond donors (Lipinski definition) is 1. The fraction of sp³-hybridized carbons (Fsp3) is 0.438. The molecule has 12 heteroatoms. The van der Waals surface area contributed by atoms with Gasteiger partial charge in [0, 0.05) is 23.2 Å². The van der Waals surface area contributed by atoms with Gasteiger partial charge in [-0.2, -0.15) is 0 Å². The lowest BCUT2D eigenvalue weighted by Crippen LogP contribution is -2.35. The first kappa shape index (κ1) is 21.2. The topological polar surface area (TPSA) is 101 Å². The van der Waals surface area contributed by atoms with Crippen molar-refractivity contribution in [2.24, 2.45) is 0 Å². The average molecular weight is 463 g/mol. The van der Waals surface area contributed by atoms with E-state index in [1.807, 2.05) is 13.8 Å². The number of ether oxygens (including phenoxy) is 1. The minimum Gasteiger partial charge on any atom is -0.478 e. The molecule has 1 aliphatic rings. The van der Waals surface area contributed by atoms with Crippen LogP contribution in [0.1, 0.15) is 20.3 Å². The summed E-state index contributed by atoms with van der Waals surface area (Å²) in [5, 5.41) is 11.8. The molecule has 2 aromatic rings. The number of carbonyl (C=O) groups excluding carboxylic acids is 1. The number of rotatable bonds is 5. The molecule has 0 spiro atoms. The van der Waals surface area contributed by atoms with E-state index in [4.69, 9.17) is 16.3 Å². The molecule has 0 bridgehead atoms. The molecule has 1 aromatic heterocycles. The van der Waals surface area contributed by atoms with Crippen LogP contribution in [0, 0.1) is 0 Å². The summed E-state index contributed by atoms with van der Waals surface area (Å²) in [5.74, 6) is -0.130. The number of halogens is 1. The molecule has 2 heterocycles. The zero-order valence-electron chi connectivity index (χ0n) is 15.4. The molecule has 0 fully saturated rings. The number of anilines is 2. The van der Waals surface area contributed by atoms with E-state index in [0.717, 1.165) is 10.6 Å². The molecular formula is C16H19ClN4O4S3. The summed E-state index contributed by atoms with van der Waals surface area (Å²) in [6.07, 6.45) is 0.405. The maximum atomic E-state index is 12.7. The maximum Gasteiger partial charge on any atom is 0.267 e. The Bertz CT molecular complexity index is 980. The largest absolute Gasteiger partial charge is 0.478 e. The summed E-state index contributed by atoms with van der Waals surface area (Å²) in [6, 6.07) is 4.66. The van der Waals surface area contributed by atoms with Gasteiger partial charge in [-0.3, -0.25) is 14.4 Å². The van der Waals surface area contributed by atoms with Crippen LogP contribution in [-0.2, 0) is 14.8 Å². The van der Waals surface area contributed by atoms with Gasteiger partial charge in [0.15, 0.2) is 10.4 Å². The number of aromatic nitrogens is 2. The normalized spacial score (nSPS) is 17.0. The predicted octanol–water partition coefficient (Wildman–Crippen LogP) is 3.25. The van der Waals surface area contributed by atoms with Gasteiger partial charge in [-0.25, -0.2) is 8.42 Å². The van der Waals surface area contributed by atoms with Gasteiger partial charge in [-0.15, -0.1) is 10.2 Å². The minimum absolute atomic E-state index is 0.0921. The van der Waals surface area contributed by atoms with Crippen LogP contribution < -0.4 is 14.4 Å². The van der Waals surface area contributed by atoms with Crippen molar-refractivity contribution in [3.05, 3.63) is 23.2 Å². The standard InChI is InChI=1S/C16H19ClN4O4S3/c1-9(2)26-16-20-19-15(27-16)18-14(22)13-6-7-21(28(3,23)24)11-8-10(17)4-5-12(11)25-13/h4-5,8-9,13H,6-7H2,1-3H3,(H,18,19,22)/t13-/m0/s1. The monoisotopic (exact) mass is 462 g/mol. The van der Waals surface area contributed by atoms with Crippen LogP contribution in [-0.4, -0.2) is 48.7 Å². The van der Waals surface area contributed by atoms with Gasteiger partial charge < -0.3 is 4.74 Å². The molecule has 3 rings (SSSR count). The number of hydrogen-bond acceptors (Lipinski definition) is 8. The summed E-state index contributed by atoms with van der Waals surface area (Å²) in [5.41, 5.74) is 0.317. The fourth-order valence-corrected chi connectivity index (χ4v) is 5.66. The molecule has 28 heavy (non-hydrogen) atoms. The molecule has 0 aliphatic carbocycles. The first-order chi connectivity index (χ1) is 13.1. The van der Waals surface area contributed by atoms with Crippen molar-refractivity contribution in [2.45, 2.75) is 36.0 Å². The van der Waals surface area contributed by atoms with Gasteiger partial charge in [0.05, 0.1) is 11.9 Å². The molecule has 8 nitrogen and oxygen atoms in total. The number of carbonyl (C=O) groups is 1. The van der Waals surface area contributed by atoms with Crippen LogP contribution in [0.2, 0.25) is 5.02 Å². The van der Waals surface area contributed by atoms with Crippen molar-refractivity contribution in [2.75, 3.05) is 22.4 Å². The van der Waals surface area contributed by atoms with E-state index >= 15 is 0 Å². The van der Waals surface area contributed by atoms with Gasteiger partial charge in [-0.1, -0.05) is 48.5 Å². The van der Waals surface area contributed by atoms with E-state index in [1.54, 1.807) is 23.9 Å². The lowest BCUT2D eigenvalue weighted by molar-refractivity contribution is -0.122. The fourth-order valence-electron chi connectivity index (χ4n) is 2.58. The summed E-state index contributed by atoms with van der Waals surface area (Å²) >= 11 is 8.86. The second-order valence-corrected chi connectivity index (χ2v) is 11.5. The van der Waals surface area contributed by atoms with Crippen LogP contribution in [0.4, 0.5) is 10.8 Å². The summed E-state index contributed by atoms with van der Waals surface area (Å²) in [7, 11) is -3.56. The minimum atomic E-state index is -3.56. The zero-order chi connectivity index (χ0) is 20.5. The molecule has 0 saturated heterocycles. The molecule has 1 aliphatic heterocycles. The number of thioether (sulfide) groups is 1. The third-order valence-corrected chi connectivity index (χ3v) is 7.06. The SMILES string of the molecule is CC(C)Sc1nnc(NC(=O)[C@@H]2CCN(S(C)(=O)=O)c3cc(Cl)ccc3O2)s1. The third-order valence-electron chi connectivity index (χ3n) is 3.72. The highest BCUT2D eigenvalue weighted by Crippen LogP contribution is 2.36. The van der Waals surface area contributed by atoms with Gasteiger partial charge in [0.25, 0.3) is 5.91 Å². The van der Waals surface area contributed by atoms with E-state index in [0.29, 0.717) is 21.1 Å². The van der Waals surface area contributed by atoms with Crippen molar-refractivity contribution < 1.29 is 17.9 Å². The molecular weight excluding hydrogens is 444 g/mol. The molecule has 0 radical (unpaired) electrons. The Kier molecular flexibility index (Phi) is 6.37. The van der Waals surface area contributed by atoms with Crippen molar-refractivity contribution >= 4 is 61.4 Å². The Labute approximate surface area is 176 Å². The summed E-state index contributed by atoms with van der Waals surface area (Å²) < 4.78 is 32.1. The first-order valence-electron chi connectivity index (χ1n) is 8.38. The van der Waals surface area contributed by atoms with E-state index in [-0.39, 0.29) is 18.7 Å². The molecule has 1 amide bonds. The third kappa shape index (κ3) is 5.07. The van der Waals surface area contributed by atoms with E-state index < -0.39 is 22.0 Å². The Morgan fingerprint density at radius 3 is 2.86 bits per heavy atom. The quantitative estimate of drug-likeness (QED) is 0.537. The average Bonchev–Trinajstić information content (AvgIpc) is 2.90. The number of fused-ring (bicyclic) bond motifs is 1. The first-order valence-corrected chi connectivity index (χ1v) is 12.3. The smallest absolute Gasteiger partial charge is 0.267 e. The second kappa shape index (κ2) is 8.44. The van der Waals surface area contributed by atoms with Crippen LogP contribution in [0.15, 0.2) is 22.5 Å². The van der Waals surface area contributed by atoms with Crippen LogP contribution in [0.3, 0.4) is 0 Å². The number of benzene rings is 1. The van der Waals surface area contributed by atoms with E-state index in [2.05, 4.69) is 15.5 Å². The number of sulfonamides is 1. The lowest BCUT2D eigenvalue weighted by atomic mass is 10.2. The molecule has 152 valence electrons. The molecule has 1 atom stereocenters. The van der Waals surface area contributed by atoms with E-state index in [1.165, 1.54) is 21.7 Å². The van der Waals surface area contributed by atoms with Gasteiger partial charge in [0.2, 0.25) is 15.2 Å². The van der Waals surface area contributed by atoms with Gasteiger partial charge in [0.1, 0.15) is 5.75 Å². The van der Waals surface area contributed by atoms with Crippen molar-refractivity contribution in [1.29, 1.82) is 0 Å². The molecule has 0 unspecified atom stereocenters. The van der Waals surface area contributed by atoms with Crippen molar-refractivity contribution in [1.82, 2.24) is 10.2 Å². The van der Waals surface area contributed by atoms with Crippen molar-refractivity contribution in [3.8, 4) is 5.75 Å². The Morgan fingerprint density at radius 2 is 2.18 bits per heavy atom. The molecule has 1 aromatic carbocycles.